The minimum Gasteiger partial charge on any atom is -1.51 e. The summed E-state index contributed by atoms with van der Waals surface area (Å²) < 4.78 is 162. The van der Waals surface area contributed by atoms with Crippen LogP contribution in [0.2, 0.25) is 0 Å². The summed E-state index contributed by atoms with van der Waals surface area (Å²) in [6, 6.07) is 21.2. The number of phenolic OH excluding ortho intramolecular Hbond substituents is 1. The van der Waals surface area contributed by atoms with Gasteiger partial charge in [0.1, 0.15) is 42.0 Å². The quantitative estimate of drug-likeness (QED) is 0.0185. The second-order valence-electron chi connectivity index (χ2n) is 23.8. The first kappa shape index (κ1) is 76.6. The van der Waals surface area contributed by atoms with Crippen LogP contribution < -0.4 is 39.9 Å². The van der Waals surface area contributed by atoms with E-state index in [4.69, 9.17) is 27.9 Å². The summed E-state index contributed by atoms with van der Waals surface area (Å²) in [5.74, 6) is -1.54. The van der Waals surface area contributed by atoms with Crippen LogP contribution in [0, 0.1) is 18.6 Å². The van der Waals surface area contributed by atoms with Gasteiger partial charge in [-0.15, -0.1) is 0 Å². The molecule has 4 saturated heterocycles. The van der Waals surface area contributed by atoms with Gasteiger partial charge in [-0.25, -0.2) is 33.7 Å². The highest BCUT2D eigenvalue weighted by molar-refractivity contribution is 7.86. The third kappa shape index (κ3) is 17.8. The number of hydrogen-bond donors (Lipinski definition) is 4. The number of phenols is 1. The van der Waals surface area contributed by atoms with Crippen molar-refractivity contribution in [1.29, 1.82) is 0 Å². The van der Waals surface area contributed by atoms with Gasteiger partial charge < -0.3 is 64.1 Å². The molecule has 0 saturated carbocycles. The molecule has 9 aromatic rings. The number of aromatic hydroxyl groups is 1. The normalized spacial score (nSPS) is 18.1. The van der Waals surface area contributed by atoms with E-state index >= 15 is 0 Å². The number of carbonyl (C=O) groups is 3. The van der Waals surface area contributed by atoms with Crippen molar-refractivity contribution in [3.05, 3.63) is 180 Å². The summed E-state index contributed by atoms with van der Waals surface area (Å²) >= 11 is 0. The van der Waals surface area contributed by atoms with Crippen LogP contribution >= 0.6 is 9.90 Å². The van der Waals surface area contributed by atoms with Crippen molar-refractivity contribution in [2.75, 3.05) is 32.0 Å². The summed E-state index contributed by atoms with van der Waals surface area (Å²) in [7, 11) is 0.557. The van der Waals surface area contributed by atoms with Crippen molar-refractivity contribution in [3.63, 3.8) is 0 Å². The molecule has 3 aromatic heterocycles. The van der Waals surface area contributed by atoms with Crippen LogP contribution in [0.4, 0.5) is 58.1 Å². The van der Waals surface area contributed by atoms with Crippen LogP contribution in [0.25, 0.3) is 32.7 Å². The molecule has 0 aliphatic carbocycles. The maximum absolute atomic E-state index is 13.7. The van der Waals surface area contributed by atoms with Crippen molar-refractivity contribution in [2.24, 2.45) is 0 Å². The Morgan fingerprint density at radius 1 is 0.592 bits per heavy atom. The number of ether oxygens (including phenoxy) is 5. The smallest absolute Gasteiger partial charge is 0.419 e. The highest BCUT2D eigenvalue weighted by Crippen LogP contribution is 2.44. The van der Waals surface area contributed by atoms with Crippen molar-refractivity contribution in [3.8, 4) is 34.5 Å². The third-order valence-corrected chi connectivity index (χ3v) is 18.6. The first-order valence-electron chi connectivity index (χ1n) is 31.4. The van der Waals surface area contributed by atoms with Crippen LogP contribution in [-0.4, -0.2) is 129 Å². The van der Waals surface area contributed by atoms with E-state index in [1.807, 2.05) is 16.7 Å². The van der Waals surface area contributed by atoms with Crippen LogP contribution in [0.3, 0.4) is 0 Å². The van der Waals surface area contributed by atoms with Crippen LogP contribution in [0.1, 0.15) is 75.0 Å². The summed E-state index contributed by atoms with van der Waals surface area (Å²) in [4.78, 5) is 73.4. The summed E-state index contributed by atoms with van der Waals surface area (Å²) in [5, 5.41) is 16.6. The Morgan fingerprint density at radius 2 is 1.03 bits per heavy atom. The molecule has 13 rings (SSSR count). The fraction of sp³-hybridized carbons (Fsp3) is 0.300. The molecule has 4 aliphatic heterocycles. The first-order chi connectivity index (χ1) is 48.5. The van der Waals surface area contributed by atoms with Gasteiger partial charge in [-0.05, 0) is 124 Å². The second kappa shape index (κ2) is 32.2. The maximum atomic E-state index is 13.7. The summed E-state index contributed by atoms with van der Waals surface area (Å²) in [6.45, 7) is 10.3. The lowest BCUT2D eigenvalue weighted by Gasteiger charge is -2.38. The Balaban J connectivity index is 0.000000165. The molecule has 7 heterocycles. The number of piperidine rings is 2. The standard InChI is InChI=1S/C26H24F4N4O3.C17H21NO4S.C16H11F4N3O2.C11H10N2O4.HP/c1-3-24(35)34-15-5-6-16(34)10-17(9-15)37-23-11-18-21(12-22(23)36-2)31-13-32-25(18)33-14-4-7-20(27)19(8-14)26(28,29)30;1-3-17(19)18-13-6-7-14(18)11-15(10-13)22-23(20,21)16-8-4-12(2)5-9-16;1-25-14-6-12-9(5-13(14)24)15(22-7-21-12)23-8-2-3-11(17)10(4-8)16(18,19)20;1-6(14)17-10-3-7-8(4-9(10)16-2)12-5-13-11(7)15;/h3-4,7-8,11-13,15-17H,1,5-6,9-10H2,2H3,(H,31,32,33);3-5,8-9,13-15H,1,6-7,10-11H2,2H3;2-7,24H,1H3,(H,21,22,23);3-5H,1-2H3,(H,12,13,15);1H/q;;;;-2/t15-,16+,17?;13-,14+,15?;;;. The minimum atomic E-state index is -4.84. The highest BCUT2D eigenvalue weighted by atomic mass is 32.2. The van der Waals surface area contributed by atoms with Gasteiger partial charge in [0.05, 0.1) is 71.7 Å². The number of fused-ring (bicyclic) bond motifs is 7. The molecule has 4 aliphatic rings. The van der Waals surface area contributed by atoms with E-state index in [1.165, 1.54) is 83.7 Å². The number of esters is 1. The average Bonchev–Trinajstić information content (AvgIpc) is 1.78. The van der Waals surface area contributed by atoms with Gasteiger partial charge in [0, 0.05) is 84.3 Å². The molecule has 4 bridgehead atoms. The van der Waals surface area contributed by atoms with Gasteiger partial charge in [0.25, 0.3) is 15.7 Å². The zero-order valence-corrected chi connectivity index (χ0v) is 57.4. The first-order valence-corrected chi connectivity index (χ1v) is 32.8. The zero-order valence-electron chi connectivity index (χ0n) is 55.6. The fourth-order valence-electron chi connectivity index (χ4n) is 12.6. The highest BCUT2D eigenvalue weighted by Gasteiger charge is 2.46. The van der Waals surface area contributed by atoms with Crippen LogP contribution in [-0.2, 0) is 41.0 Å². The lowest BCUT2D eigenvalue weighted by atomic mass is 9.99. The van der Waals surface area contributed by atoms with E-state index in [0.29, 0.717) is 87.8 Å². The number of methoxy groups -OCH3 is 3. The Hall–Kier alpha value is -10.6. The molecular weight excluding hydrogens is 1400 g/mol. The molecule has 4 fully saturated rings. The fourth-order valence-corrected chi connectivity index (χ4v) is 13.7. The number of carbonyl (C=O) groups excluding carboxylic acids is 3. The van der Waals surface area contributed by atoms with Crippen molar-refractivity contribution in [2.45, 2.75) is 119 Å². The number of hydrogen-bond acceptors (Lipinski definition) is 20. The lowest BCUT2D eigenvalue weighted by molar-refractivity contribution is -0.140. The number of benzene rings is 6. The number of aromatic nitrogens is 6. The number of nitrogens with zero attached hydrogens (tertiary/aromatic N) is 7. The van der Waals surface area contributed by atoms with E-state index in [1.54, 1.807) is 42.5 Å². The molecule has 2 amide bonds. The lowest BCUT2D eigenvalue weighted by Crippen LogP contribution is -2.48. The number of alkyl halides is 6. The summed E-state index contributed by atoms with van der Waals surface area (Å²) in [6.07, 6.45) is 2.28. The van der Waals surface area contributed by atoms with Gasteiger partial charge in [-0.3, -0.25) is 23.4 Å². The van der Waals surface area contributed by atoms with Crippen LogP contribution in [0.5, 0.6) is 34.5 Å². The van der Waals surface area contributed by atoms with Gasteiger partial charge in [-0.1, -0.05) is 30.9 Å². The van der Waals surface area contributed by atoms with Crippen LogP contribution in [0.15, 0.2) is 151 Å². The Labute approximate surface area is 587 Å². The topological polar surface area (TPSA) is 289 Å². The van der Waals surface area contributed by atoms with Crippen molar-refractivity contribution >= 4 is 93.5 Å². The Bertz CT molecular complexity index is 4820. The van der Waals surface area contributed by atoms with Gasteiger partial charge in [0.2, 0.25) is 11.8 Å². The molecule has 4 N–H and O–H groups in total. The number of aromatic amines is 1. The van der Waals surface area contributed by atoms with E-state index < -0.39 is 51.2 Å². The molecule has 103 heavy (non-hydrogen) atoms. The maximum Gasteiger partial charge on any atom is 0.419 e. The minimum absolute atomic E-state index is 0. The Morgan fingerprint density at radius 3 is 1.49 bits per heavy atom. The van der Waals surface area contributed by atoms with Crippen molar-refractivity contribution < 1.29 is 90.9 Å². The molecule has 544 valence electrons. The third-order valence-electron chi connectivity index (χ3n) is 17.2. The van der Waals surface area contributed by atoms with Gasteiger partial charge >= 0.3 is 18.3 Å². The molecule has 23 nitrogen and oxygen atoms in total. The number of amides is 2. The van der Waals surface area contributed by atoms with E-state index in [0.717, 1.165) is 49.4 Å². The number of rotatable bonds is 15. The molecule has 33 heteroatoms. The molecule has 6 aromatic carbocycles. The van der Waals surface area contributed by atoms with E-state index in [-0.39, 0.29) is 109 Å². The molecule has 0 spiro atoms. The van der Waals surface area contributed by atoms with Gasteiger partial charge in [-0.2, -0.15) is 34.8 Å². The molecule has 2 unspecified atom stereocenters. The zero-order chi connectivity index (χ0) is 73.5. The van der Waals surface area contributed by atoms with Gasteiger partial charge in [0.15, 0.2) is 34.5 Å². The monoisotopic (exact) mass is 1470 g/mol. The second-order valence-corrected chi connectivity index (χ2v) is 25.4. The van der Waals surface area contributed by atoms with E-state index in [2.05, 4.69) is 53.7 Å². The number of H-pyrrole nitrogens is 1. The number of aryl methyl sites for hydroxylation is 1. The average molecular weight is 1470 g/mol. The predicted molar refractivity (Wildman–Crippen MR) is 366 cm³/mol. The number of halogens is 8. The molecular formula is C70H67F8N10O13PS-2. The predicted octanol–water partition coefficient (Wildman–Crippen LogP) is 13.7. The molecule has 0 radical (unpaired) electrons. The molecule has 6 atom stereocenters. The largest absolute Gasteiger partial charge is 1.51 e. The summed E-state index contributed by atoms with van der Waals surface area (Å²) in [5.41, 5.74) is -0.702. The van der Waals surface area contributed by atoms with E-state index in [9.17, 15) is 67.8 Å². The number of nitrogens with one attached hydrogen (secondary N) is 3. The number of anilines is 4. The Kier molecular flexibility index (Phi) is 23.9. The van der Waals surface area contributed by atoms with Crippen molar-refractivity contribution in [1.82, 2.24) is 39.7 Å². The SMILES string of the molecule is C=CC(=O)N1[C@@H]2CC[C@H]1CC(OS(=O)(=O)c1ccc(C)cc1)C2.C=CC(=O)N1[C@@H]2CC[C@H]1CC(Oc1cc3c(Nc4ccc(F)c(C(F)(F)F)c4)ncnc3cc1OC)C2.COc1cc2nc[nH]c(=O)c2cc1OC(C)=O.COc1cc2ncnc(Nc3ccc(F)c(C(F)(F)F)c3)c2cc1O.[PH-2].